The molecule has 7 nitrogen and oxygen atoms in total. The highest BCUT2D eigenvalue weighted by Crippen LogP contribution is 2.25. The Kier molecular flexibility index (Phi) is 3.93. The van der Waals surface area contributed by atoms with Crippen LogP contribution in [0.15, 0.2) is 22.5 Å². The molecular formula is C11H13N3O4S2. The fourth-order valence-corrected chi connectivity index (χ4v) is 4.02. The number of sulfonamides is 1. The molecule has 0 spiro atoms. The number of hydrogen-bond donors (Lipinski definition) is 2. The number of carbonyl (C=O) groups is 1. The lowest BCUT2D eigenvalue weighted by Gasteiger charge is -2.02. The molecule has 0 saturated carbocycles. The molecule has 0 aliphatic heterocycles. The fraction of sp³-hybridized carbons (Fsp3) is 0.273. The first kappa shape index (κ1) is 14.7. The summed E-state index contributed by atoms with van der Waals surface area (Å²) < 4.78 is 28.1. The number of aromatic carboxylic acids is 1. The van der Waals surface area contributed by atoms with E-state index in [9.17, 15) is 13.2 Å². The van der Waals surface area contributed by atoms with Crippen LogP contribution in [0, 0.1) is 6.92 Å². The van der Waals surface area contributed by atoms with Crippen molar-refractivity contribution in [2.24, 2.45) is 7.05 Å². The molecule has 0 radical (unpaired) electrons. The second-order valence-corrected chi connectivity index (χ2v) is 7.23. The number of thiophene rings is 1. The van der Waals surface area contributed by atoms with Gasteiger partial charge in [-0.3, -0.25) is 4.68 Å². The molecule has 0 bridgehead atoms. The lowest BCUT2D eigenvalue weighted by Crippen LogP contribution is -2.22. The largest absolute Gasteiger partial charge is 0.477 e. The van der Waals surface area contributed by atoms with Crippen molar-refractivity contribution >= 4 is 27.3 Å². The van der Waals surface area contributed by atoms with Gasteiger partial charge >= 0.3 is 5.97 Å². The molecule has 0 amide bonds. The zero-order chi connectivity index (χ0) is 14.9. The number of carboxylic acid groups (broad SMARTS) is 1. The number of aromatic nitrogens is 2. The van der Waals surface area contributed by atoms with E-state index < -0.39 is 16.0 Å². The molecular weight excluding hydrogens is 302 g/mol. The van der Waals surface area contributed by atoms with Crippen LogP contribution in [0.5, 0.6) is 0 Å². The van der Waals surface area contributed by atoms with Gasteiger partial charge in [-0.05, 0) is 24.6 Å². The lowest BCUT2D eigenvalue weighted by atomic mass is 10.3. The van der Waals surface area contributed by atoms with Crippen molar-refractivity contribution in [2.45, 2.75) is 17.7 Å². The molecule has 2 aromatic rings. The number of hydrogen-bond acceptors (Lipinski definition) is 5. The quantitative estimate of drug-likeness (QED) is 0.856. The van der Waals surface area contributed by atoms with E-state index in [1.807, 2.05) is 0 Å². The van der Waals surface area contributed by atoms with E-state index in [4.69, 9.17) is 5.11 Å². The van der Waals surface area contributed by atoms with Crippen LogP contribution in [-0.2, 0) is 23.6 Å². The Balaban J connectivity index is 2.18. The van der Waals surface area contributed by atoms with Gasteiger partial charge in [0.15, 0.2) is 0 Å². The van der Waals surface area contributed by atoms with Gasteiger partial charge in [-0.25, -0.2) is 17.9 Å². The van der Waals surface area contributed by atoms with Gasteiger partial charge in [0.2, 0.25) is 10.0 Å². The molecule has 0 fully saturated rings. The molecule has 2 aromatic heterocycles. The molecule has 20 heavy (non-hydrogen) atoms. The van der Waals surface area contributed by atoms with Crippen LogP contribution in [0.25, 0.3) is 0 Å². The third-order valence-corrected chi connectivity index (χ3v) is 5.67. The lowest BCUT2D eigenvalue weighted by molar-refractivity contribution is 0.0701. The molecule has 0 aliphatic carbocycles. The SMILES string of the molecule is Cc1cc(S(=O)(=O)NCc2ccn(C)n2)sc1C(=O)O. The number of carboxylic acids is 1. The second-order valence-electron chi connectivity index (χ2n) is 4.19. The summed E-state index contributed by atoms with van der Waals surface area (Å²) >= 11 is 0.739. The van der Waals surface area contributed by atoms with E-state index in [0.29, 0.717) is 11.3 Å². The second kappa shape index (κ2) is 5.35. The Labute approximate surface area is 119 Å². The highest BCUT2D eigenvalue weighted by atomic mass is 32.2. The Bertz CT molecular complexity index is 746. The van der Waals surface area contributed by atoms with Gasteiger partial charge in [-0.15, -0.1) is 11.3 Å². The van der Waals surface area contributed by atoms with Crippen molar-refractivity contribution < 1.29 is 18.3 Å². The number of nitrogens with one attached hydrogen (secondary N) is 1. The first-order chi connectivity index (χ1) is 9.29. The zero-order valence-electron chi connectivity index (χ0n) is 10.8. The summed E-state index contributed by atoms with van der Waals surface area (Å²) in [6.45, 7) is 1.63. The minimum Gasteiger partial charge on any atom is -0.477 e. The third kappa shape index (κ3) is 3.06. The molecule has 0 saturated heterocycles. The van der Waals surface area contributed by atoms with Crippen molar-refractivity contribution in [3.05, 3.63) is 34.5 Å². The topological polar surface area (TPSA) is 101 Å². The smallest absolute Gasteiger partial charge is 0.346 e. The fourth-order valence-electron chi connectivity index (χ4n) is 1.60. The first-order valence-corrected chi connectivity index (χ1v) is 7.91. The summed E-state index contributed by atoms with van der Waals surface area (Å²) in [7, 11) is -1.99. The summed E-state index contributed by atoms with van der Waals surface area (Å²) in [5, 5.41) is 13.0. The number of aryl methyl sites for hydroxylation is 2. The molecule has 108 valence electrons. The molecule has 2 rings (SSSR count). The maximum absolute atomic E-state index is 12.1. The van der Waals surface area contributed by atoms with Crippen LogP contribution < -0.4 is 4.72 Å². The van der Waals surface area contributed by atoms with E-state index >= 15 is 0 Å². The van der Waals surface area contributed by atoms with E-state index in [0.717, 1.165) is 11.3 Å². The summed E-state index contributed by atoms with van der Waals surface area (Å²) in [4.78, 5) is 11.0. The summed E-state index contributed by atoms with van der Waals surface area (Å²) in [6.07, 6.45) is 1.71. The van der Waals surface area contributed by atoms with E-state index in [2.05, 4.69) is 9.82 Å². The van der Waals surface area contributed by atoms with Gasteiger partial charge in [0.25, 0.3) is 0 Å². The molecule has 0 atom stereocenters. The van der Waals surface area contributed by atoms with Crippen molar-refractivity contribution in [1.29, 1.82) is 0 Å². The van der Waals surface area contributed by atoms with Crippen molar-refractivity contribution in [3.63, 3.8) is 0 Å². The van der Waals surface area contributed by atoms with Crippen molar-refractivity contribution in [1.82, 2.24) is 14.5 Å². The van der Waals surface area contributed by atoms with Crippen LogP contribution in [0.3, 0.4) is 0 Å². The van der Waals surface area contributed by atoms with Crippen LogP contribution in [0.1, 0.15) is 20.9 Å². The van der Waals surface area contributed by atoms with Gasteiger partial charge in [-0.2, -0.15) is 5.10 Å². The Morgan fingerprint density at radius 1 is 1.55 bits per heavy atom. The molecule has 2 N–H and O–H groups in total. The van der Waals surface area contributed by atoms with Gasteiger partial charge < -0.3 is 5.11 Å². The highest BCUT2D eigenvalue weighted by Gasteiger charge is 2.21. The molecule has 0 aliphatic rings. The monoisotopic (exact) mass is 315 g/mol. The summed E-state index contributed by atoms with van der Waals surface area (Å²) in [5.74, 6) is -1.13. The Morgan fingerprint density at radius 3 is 2.75 bits per heavy atom. The predicted octanol–water partition coefficient (Wildman–Crippen LogP) is 0.967. The maximum Gasteiger partial charge on any atom is 0.346 e. The van der Waals surface area contributed by atoms with Gasteiger partial charge in [0.05, 0.1) is 12.2 Å². The Hall–Kier alpha value is -1.71. The summed E-state index contributed by atoms with van der Waals surface area (Å²) in [5.41, 5.74) is 1.02. The zero-order valence-corrected chi connectivity index (χ0v) is 12.5. The average Bonchev–Trinajstić information content (AvgIpc) is 2.93. The van der Waals surface area contributed by atoms with Crippen molar-refractivity contribution in [3.8, 4) is 0 Å². The standard InChI is InChI=1S/C11H13N3O4S2/c1-7-5-9(19-10(7)11(15)16)20(17,18)12-6-8-3-4-14(2)13-8/h3-5,12H,6H2,1-2H3,(H,15,16). The first-order valence-electron chi connectivity index (χ1n) is 5.61. The van der Waals surface area contributed by atoms with Crippen LogP contribution in [-0.4, -0.2) is 29.3 Å². The molecule has 9 heteroatoms. The normalized spacial score (nSPS) is 11.7. The third-order valence-electron chi connectivity index (χ3n) is 2.57. The van der Waals surface area contributed by atoms with Crippen LogP contribution in [0.4, 0.5) is 0 Å². The van der Waals surface area contributed by atoms with Crippen LogP contribution >= 0.6 is 11.3 Å². The van der Waals surface area contributed by atoms with Gasteiger partial charge in [0, 0.05) is 13.2 Å². The molecule has 0 unspecified atom stereocenters. The predicted molar refractivity (Wildman–Crippen MR) is 73.2 cm³/mol. The van der Waals surface area contributed by atoms with Crippen LogP contribution in [0.2, 0.25) is 0 Å². The average molecular weight is 315 g/mol. The number of nitrogens with zero attached hydrogens (tertiary/aromatic N) is 2. The van der Waals surface area contributed by atoms with E-state index in [1.54, 1.807) is 30.9 Å². The van der Waals surface area contributed by atoms with Crippen molar-refractivity contribution in [2.75, 3.05) is 0 Å². The van der Waals surface area contributed by atoms with Gasteiger partial charge in [0.1, 0.15) is 9.09 Å². The minimum absolute atomic E-state index is 0.0108. The minimum atomic E-state index is -3.73. The highest BCUT2D eigenvalue weighted by molar-refractivity contribution is 7.91. The van der Waals surface area contributed by atoms with E-state index in [-0.39, 0.29) is 15.6 Å². The number of rotatable bonds is 5. The summed E-state index contributed by atoms with van der Waals surface area (Å²) in [6, 6.07) is 3.06. The van der Waals surface area contributed by atoms with E-state index in [1.165, 1.54) is 6.07 Å². The van der Waals surface area contributed by atoms with Gasteiger partial charge in [-0.1, -0.05) is 0 Å². The maximum atomic E-state index is 12.1. The molecule has 2 heterocycles. The Morgan fingerprint density at radius 2 is 2.25 bits per heavy atom. The molecule has 0 aromatic carbocycles.